The fourth-order valence-electron chi connectivity index (χ4n) is 1.91. The highest BCUT2D eigenvalue weighted by Gasteiger charge is 2.04. The van der Waals surface area contributed by atoms with Gasteiger partial charge in [-0.2, -0.15) is 0 Å². The van der Waals surface area contributed by atoms with Gasteiger partial charge >= 0.3 is 0 Å². The predicted molar refractivity (Wildman–Crippen MR) is 102 cm³/mol. The number of nitrogens with one attached hydrogen (secondary N) is 2. The van der Waals surface area contributed by atoms with Gasteiger partial charge in [-0.15, -0.1) is 24.0 Å². The van der Waals surface area contributed by atoms with E-state index in [1.165, 1.54) is 13.2 Å². The van der Waals surface area contributed by atoms with E-state index in [9.17, 15) is 4.39 Å². The summed E-state index contributed by atoms with van der Waals surface area (Å²) in [5.41, 5.74) is 0.831. The Morgan fingerprint density at radius 3 is 2.65 bits per heavy atom. The van der Waals surface area contributed by atoms with Crippen LogP contribution in [0.25, 0.3) is 0 Å². The maximum atomic E-state index is 13.6. The molecule has 5 nitrogen and oxygen atoms in total. The summed E-state index contributed by atoms with van der Waals surface area (Å²) in [6.07, 6.45) is 2.03. The molecular weight excluding hydrogens is 412 g/mol. The second kappa shape index (κ2) is 13.4. The molecule has 0 aliphatic heterocycles. The van der Waals surface area contributed by atoms with E-state index in [0.717, 1.165) is 38.2 Å². The minimum Gasteiger partial charge on any atom is -0.494 e. The first-order valence-electron chi connectivity index (χ1n) is 7.56. The molecule has 0 saturated carbocycles. The fraction of sp³-hybridized carbons (Fsp3) is 0.562. The van der Waals surface area contributed by atoms with Gasteiger partial charge < -0.3 is 20.1 Å². The van der Waals surface area contributed by atoms with Crippen LogP contribution in [0.1, 0.15) is 25.3 Å². The standard InChI is InChI=1S/C16H26FN3O2.HI/c1-4-22-10-6-5-9-19-16(18-2)20-12-13-7-8-15(21-3)14(17)11-13;/h7-8,11H,4-6,9-10,12H2,1-3H3,(H2,18,19,20);1H. The predicted octanol–water partition coefficient (Wildman–Crippen LogP) is 2.93. The van der Waals surface area contributed by atoms with Gasteiger partial charge in [-0.25, -0.2) is 4.39 Å². The van der Waals surface area contributed by atoms with Crippen molar-refractivity contribution in [1.82, 2.24) is 10.6 Å². The Morgan fingerprint density at radius 1 is 1.26 bits per heavy atom. The van der Waals surface area contributed by atoms with Crippen LogP contribution in [0.3, 0.4) is 0 Å². The molecule has 0 aromatic heterocycles. The molecule has 1 aromatic carbocycles. The summed E-state index contributed by atoms with van der Waals surface area (Å²) >= 11 is 0. The number of hydrogen-bond donors (Lipinski definition) is 2. The Bertz CT molecular complexity index is 473. The number of nitrogens with zero attached hydrogens (tertiary/aromatic N) is 1. The van der Waals surface area contributed by atoms with Crippen molar-refractivity contribution >= 4 is 29.9 Å². The maximum absolute atomic E-state index is 13.6. The molecule has 23 heavy (non-hydrogen) atoms. The van der Waals surface area contributed by atoms with E-state index >= 15 is 0 Å². The molecule has 0 heterocycles. The second-order valence-electron chi connectivity index (χ2n) is 4.73. The molecule has 1 aromatic rings. The number of halogens is 2. The van der Waals surface area contributed by atoms with Crippen LogP contribution in [0, 0.1) is 5.82 Å². The molecule has 0 aliphatic rings. The van der Waals surface area contributed by atoms with Crippen molar-refractivity contribution < 1.29 is 13.9 Å². The largest absolute Gasteiger partial charge is 0.494 e. The summed E-state index contributed by atoms with van der Waals surface area (Å²) in [4.78, 5) is 4.14. The third kappa shape index (κ3) is 8.95. The maximum Gasteiger partial charge on any atom is 0.191 e. The van der Waals surface area contributed by atoms with Gasteiger partial charge in [-0.05, 0) is 37.5 Å². The molecule has 1 rings (SSSR count). The first-order valence-corrected chi connectivity index (χ1v) is 7.56. The molecule has 132 valence electrons. The Balaban J connectivity index is 0.00000484. The van der Waals surface area contributed by atoms with Crippen LogP contribution in [0.2, 0.25) is 0 Å². The highest BCUT2D eigenvalue weighted by Crippen LogP contribution is 2.17. The number of rotatable bonds is 9. The Hall–Kier alpha value is -1.09. The molecule has 0 amide bonds. The lowest BCUT2D eigenvalue weighted by atomic mass is 10.2. The van der Waals surface area contributed by atoms with Crippen molar-refractivity contribution in [1.29, 1.82) is 0 Å². The van der Waals surface area contributed by atoms with Gasteiger partial charge in [0.2, 0.25) is 0 Å². The quantitative estimate of drug-likeness (QED) is 0.269. The molecule has 0 bridgehead atoms. The molecule has 0 atom stereocenters. The zero-order valence-corrected chi connectivity index (χ0v) is 16.4. The van der Waals surface area contributed by atoms with Gasteiger partial charge in [0.15, 0.2) is 17.5 Å². The van der Waals surface area contributed by atoms with E-state index in [1.54, 1.807) is 13.1 Å². The average molecular weight is 439 g/mol. The first-order chi connectivity index (χ1) is 10.7. The van der Waals surface area contributed by atoms with E-state index in [2.05, 4.69) is 15.6 Å². The van der Waals surface area contributed by atoms with Crippen molar-refractivity contribution in [2.24, 2.45) is 4.99 Å². The summed E-state index contributed by atoms with van der Waals surface area (Å²) < 4.78 is 23.8. The van der Waals surface area contributed by atoms with Crippen LogP contribution in [-0.4, -0.2) is 39.9 Å². The fourth-order valence-corrected chi connectivity index (χ4v) is 1.91. The summed E-state index contributed by atoms with van der Waals surface area (Å²) in [5.74, 6) is 0.592. The Morgan fingerprint density at radius 2 is 2.04 bits per heavy atom. The number of methoxy groups -OCH3 is 1. The van der Waals surface area contributed by atoms with Gasteiger partial charge in [-0.1, -0.05) is 6.07 Å². The van der Waals surface area contributed by atoms with E-state index in [0.29, 0.717) is 12.5 Å². The van der Waals surface area contributed by atoms with E-state index in [-0.39, 0.29) is 35.5 Å². The highest BCUT2D eigenvalue weighted by molar-refractivity contribution is 14.0. The minimum atomic E-state index is -0.360. The normalized spacial score (nSPS) is 10.9. The number of unbranched alkanes of at least 4 members (excludes halogenated alkanes) is 1. The van der Waals surface area contributed by atoms with Crippen LogP contribution in [0.15, 0.2) is 23.2 Å². The monoisotopic (exact) mass is 439 g/mol. The third-order valence-corrected chi connectivity index (χ3v) is 3.11. The number of hydrogen-bond acceptors (Lipinski definition) is 3. The van der Waals surface area contributed by atoms with Crippen LogP contribution in [0.5, 0.6) is 5.75 Å². The van der Waals surface area contributed by atoms with E-state index < -0.39 is 0 Å². The van der Waals surface area contributed by atoms with E-state index in [4.69, 9.17) is 9.47 Å². The molecule has 0 unspecified atom stereocenters. The van der Waals surface area contributed by atoms with Crippen LogP contribution >= 0.6 is 24.0 Å². The van der Waals surface area contributed by atoms with E-state index in [1.807, 2.05) is 13.0 Å². The van der Waals surface area contributed by atoms with Crippen molar-refractivity contribution in [3.63, 3.8) is 0 Å². The van der Waals surface area contributed by atoms with Gasteiger partial charge in [-0.3, -0.25) is 4.99 Å². The molecule has 7 heteroatoms. The highest BCUT2D eigenvalue weighted by atomic mass is 127. The lowest BCUT2D eigenvalue weighted by Crippen LogP contribution is -2.37. The van der Waals surface area contributed by atoms with Crippen molar-refractivity contribution in [2.45, 2.75) is 26.3 Å². The van der Waals surface area contributed by atoms with Crippen LogP contribution in [0.4, 0.5) is 4.39 Å². The molecule has 0 aliphatic carbocycles. The third-order valence-electron chi connectivity index (χ3n) is 3.11. The summed E-state index contributed by atoms with van der Waals surface area (Å²) in [7, 11) is 3.16. The summed E-state index contributed by atoms with van der Waals surface area (Å²) in [5, 5.41) is 6.37. The number of aliphatic imine (C=N–C) groups is 1. The van der Waals surface area contributed by atoms with Crippen LogP contribution in [-0.2, 0) is 11.3 Å². The molecule has 0 spiro atoms. The number of guanidine groups is 1. The number of ether oxygens (including phenoxy) is 2. The smallest absolute Gasteiger partial charge is 0.191 e. The lowest BCUT2D eigenvalue weighted by molar-refractivity contribution is 0.143. The van der Waals surface area contributed by atoms with Crippen molar-refractivity contribution in [3.05, 3.63) is 29.6 Å². The van der Waals surface area contributed by atoms with Gasteiger partial charge in [0.1, 0.15) is 0 Å². The second-order valence-corrected chi connectivity index (χ2v) is 4.73. The summed E-state index contributed by atoms with van der Waals surface area (Å²) in [6, 6.07) is 4.90. The van der Waals surface area contributed by atoms with Gasteiger partial charge in [0, 0.05) is 33.4 Å². The topological polar surface area (TPSA) is 54.9 Å². The summed E-state index contributed by atoms with van der Waals surface area (Å²) in [6.45, 7) is 4.86. The molecule has 0 fully saturated rings. The van der Waals surface area contributed by atoms with Crippen molar-refractivity contribution in [3.8, 4) is 5.75 Å². The minimum absolute atomic E-state index is 0. The zero-order valence-electron chi connectivity index (χ0n) is 14.0. The zero-order chi connectivity index (χ0) is 16.2. The molecule has 0 radical (unpaired) electrons. The average Bonchev–Trinajstić information content (AvgIpc) is 2.53. The Kier molecular flexibility index (Phi) is 12.7. The number of benzene rings is 1. The molecule has 0 saturated heterocycles. The van der Waals surface area contributed by atoms with Gasteiger partial charge in [0.25, 0.3) is 0 Å². The van der Waals surface area contributed by atoms with Crippen LogP contribution < -0.4 is 15.4 Å². The molecular formula is C16H27FIN3O2. The first kappa shape index (κ1) is 21.9. The van der Waals surface area contributed by atoms with Crippen molar-refractivity contribution in [2.75, 3.05) is 33.9 Å². The van der Waals surface area contributed by atoms with Gasteiger partial charge in [0.05, 0.1) is 7.11 Å². The lowest BCUT2D eigenvalue weighted by Gasteiger charge is -2.12. The Labute approximate surface area is 155 Å². The molecule has 2 N–H and O–H groups in total. The SMILES string of the molecule is CCOCCCCNC(=NC)NCc1ccc(OC)c(F)c1.I.